The summed E-state index contributed by atoms with van der Waals surface area (Å²) in [6.07, 6.45) is 10.1. The van der Waals surface area contributed by atoms with Gasteiger partial charge in [0.05, 0.1) is 0 Å². The quantitative estimate of drug-likeness (QED) is 0.544. The van der Waals surface area contributed by atoms with E-state index in [0.717, 1.165) is 6.54 Å². The van der Waals surface area contributed by atoms with Crippen LogP contribution in [0.3, 0.4) is 0 Å². The van der Waals surface area contributed by atoms with Gasteiger partial charge in [-0.15, -0.1) is 0 Å². The Morgan fingerprint density at radius 1 is 1.04 bits per heavy atom. The summed E-state index contributed by atoms with van der Waals surface area (Å²) in [5, 5.41) is 6.64. The zero-order valence-electron chi connectivity index (χ0n) is 16.0. The van der Waals surface area contributed by atoms with Gasteiger partial charge in [-0.1, -0.05) is 39.0 Å². The first-order valence-electron chi connectivity index (χ1n) is 9.49. The van der Waals surface area contributed by atoms with E-state index < -0.39 is 5.60 Å². The van der Waals surface area contributed by atoms with Crippen molar-refractivity contribution in [2.75, 3.05) is 13.1 Å². The molecule has 1 atom stereocenters. The van der Waals surface area contributed by atoms with Gasteiger partial charge in [-0.3, -0.25) is 0 Å². The third kappa shape index (κ3) is 9.19. The van der Waals surface area contributed by atoms with E-state index in [-0.39, 0.29) is 11.6 Å². The van der Waals surface area contributed by atoms with Crippen molar-refractivity contribution in [1.82, 2.24) is 10.6 Å². The second-order valence-electron chi connectivity index (χ2n) is 8.24. The maximum absolute atomic E-state index is 11.9. The van der Waals surface area contributed by atoms with Crippen LogP contribution in [0.1, 0.15) is 86.0 Å². The molecule has 0 aromatic carbocycles. The van der Waals surface area contributed by atoms with Crippen molar-refractivity contribution in [3.05, 3.63) is 0 Å². The summed E-state index contributed by atoms with van der Waals surface area (Å²) in [6.45, 7) is 11.8. The van der Waals surface area contributed by atoms with Crippen molar-refractivity contribution >= 4 is 6.09 Å². The molecule has 1 aliphatic rings. The SMILES string of the molecule is CCCCCCCCNC(C)(CNC(=O)OC(C)(C)C)C1CC1. The summed E-state index contributed by atoms with van der Waals surface area (Å²) in [7, 11) is 0. The number of amides is 1. The average molecular weight is 327 g/mol. The van der Waals surface area contributed by atoms with E-state index in [4.69, 9.17) is 4.74 Å². The van der Waals surface area contributed by atoms with Gasteiger partial charge in [0.15, 0.2) is 0 Å². The van der Waals surface area contributed by atoms with Gasteiger partial charge >= 0.3 is 6.09 Å². The Bertz CT molecular complexity index is 348. The lowest BCUT2D eigenvalue weighted by atomic mass is 9.95. The molecule has 0 heterocycles. The van der Waals surface area contributed by atoms with Crippen LogP contribution in [0.2, 0.25) is 0 Å². The van der Waals surface area contributed by atoms with Gasteiger partial charge in [0.1, 0.15) is 5.60 Å². The second kappa shape index (κ2) is 9.51. The minimum atomic E-state index is -0.439. The monoisotopic (exact) mass is 326 g/mol. The molecule has 1 saturated carbocycles. The molecule has 0 radical (unpaired) electrons. The Balaban J connectivity index is 2.25. The van der Waals surface area contributed by atoms with Crippen LogP contribution in [0.5, 0.6) is 0 Å². The van der Waals surface area contributed by atoms with E-state index in [1.807, 2.05) is 20.8 Å². The summed E-state index contributed by atoms with van der Waals surface area (Å²) >= 11 is 0. The molecule has 0 aromatic rings. The highest BCUT2D eigenvalue weighted by molar-refractivity contribution is 5.67. The van der Waals surface area contributed by atoms with Crippen LogP contribution in [-0.2, 0) is 4.74 Å². The number of rotatable bonds is 11. The fourth-order valence-electron chi connectivity index (χ4n) is 2.92. The van der Waals surface area contributed by atoms with Gasteiger partial charge in [0.25, 0.3) is 0 Å². The second-order valence-corrected chi connectivity index (χ2v) is 8.24. The largest absolute Gasteiger partial charge is 0.444 e. The Hall–Kier alpha value is -0.770. The van der Waals surface area contributed by atoms with E-state index in [2.05, 4.69) is 24.5 Å². The molecule has 1 fully saturated rings. The first kappa shape index (κ1) is 20.3. The van der Waals surface area contributed by atoms with E-state index in [1.165, 1.54) is 51.4 Å². The van der Waals surface area contributed by atoms with Crippen LogP contribution < -0.4 is 10.6 Å². The molecule has 1 unspecified atom stereocenters. The molecule has 0 saturated heterocycles. The topological polar surface area (TPSA) is 50.4 Å². The number of alkyl carbamates (subject to hydrolysis) is 1. The predicted octanol–water partition coefficient (Wildman–Crippen LogP) is 4.63. The number of hydrogen-bond acceptors (Lipinski definition) is 3. The molecule has 0 aromatic heterocycles. The molecular formula is C19H38N2O2. The number of ether oxygens (including phenoxy) is 1. The Labute approximate surface area is 143 Å². The first-order valence-corrected chi connectivity index (χ1v) is 9.49. The predicted molar refractivity (Wildman–Crippen MR) is 96.7 cm³/mol. The van der Waals surface area contributed by atoms with E-state index in [0.29, 0.717) is 12.5 Å². The highest BCUT2D eigenvalue weighted by atomic mass is 16.6. The maximum atomic E-state index is 11.9. The van der Waals surface area contributed by atoms with Gasteiger partial charge in [-0.2, -0.15) is 0 Å². The third-order valence-electron chi connectivity index (χ3n) is 4.54. The number of unbranched alkanes of at least 4 members (excludes halogenated alkanes) is 5. The highest BCUT2D eigenvalue weighted by Crippen LogP contribution is 2.39. The van der Waals surface area contributed by atoms with Crippen molar-refractivity contribution in [3.8, 4) is 0 Å². The molecule has 2 N–H and O–H groups in total. The molecule has 4 heteroatoms. The minimum Gasteiger partial charge on any atom is -0.444 e. The lowest BCUT2D eigenvalue weighted by Gasteiger charge is -2.32. The highest BCUT2D eigenvalue weighted by Gasteiger charge is 2.41. The number of nitrogens with one attached hydrogen (secondary N) is 2. The zero-order valence-corrected chi connectivity index (χ0v) is 16.0. The minimum absolute atomic E-state index is 0.000320. The van der Waals surface area contributed by atoms with Gasteiger partial charge in [-0.05, 0) is 59.4 Å². The molecule has 4 nitrogen and oxygen atoms in total. The molecule has 0 aliphatic heterocycles. The Kier molecular flexibility index (Phi) is 8.38. The zero-order chi connectivity index (χ0) is 17.3. The van der Waals surface area contributed by atoms with Crippen molar-refractivity contribution < 1.29 is 9.53 Å². The number of carbonyl (C=O) groups is 1. The molecule has 23 heavy (non-hydrogen) atoms. The van der Waals surface area contributed by atoms with Crippen LogP contribution in [0, 0.1) is 5.92 Å². The van der Waals surface area contributed by atoms with Crippen molar-refractivity contribution in [2.24, 2.45) is 5.92 Å². The maximum Gasteiger partial charge on any atom is 0.407 e. The standard InChI is InChI=1S/C19H38N2O2/c1-6-7-8-9-10-11-14-21-19(5,16-12-13-16)15-20-17(22)23-18(2,3)4/h16,21H,6-15H2,1-5H3,(H,20,22). The van der Waals surface area contributed by atoms with E-state index in [9.17, 15) is 4.79 Å². The third-order valence-corrected chi connectivity index (χ3v) is 4.54. The molecular weight excluding hydrogens is 288 g/mol. The molecule has 0 spiro atoms. The molecule has 136 valence electrons. The fraction of sp³-hybridized carbons (Fsp3) is 0.947. The van der Waals surface area contributed by atoms with E-state index >= 15 is 0 Å². The molecule has 1 rings (SSSR count). The molecule has 1 aliphatic carbocycles. The van der Waals surface area contributed by atoms with Crippen LogP contribution in [0.4, 0.5) is 4.79 Å². The number of hydrogen-bond donors (Lipinski definition) is 2. The summed E-state index contributed by atoms with van der Waals surface area (Å²) in [5.74, 6) is 0.678. The van der Waals surface area contributed by atoms with Gasteiger partial charge in [0.2, 0.25) is 0 Å². The average Bonchev–Trinajstić information content (AvgIpc) is 3.27. The summed E-state index contributed by atoms with van der Waals surface area (Å²) in [4.78, 5) is 11.9. The van der Waals surface area contributed by atoms with Crippen LogP contribution in [0.15, 0.2) is 0 Å². The molecule has 0 bridgehead atoms. The lowest BCUT2D eigenvalue weighted by molar-refractivity contribution is 0.0508. The van der Waals surface area contributed by atoms with Crippen LogP contribution in [-0.4, -0.2) is 30.3 Å². The lowest BCUT2D eigenvalue weighted by Crippen LogP contribution is -2.53. The normalized spacial score (nSPS) is 17.6. The van der Waals surface area contributed by atoms with Gasteiger partial charge < -0.3 is 15.4 Å². The smallest absolute Gasteiger partial charge is 0.407 e. The fourth-order valence-corrected chi connectivity index (χ4v) is 2.92. The van der Waals surface area contributed by atoms with Crippen molar-refractivity contribution in [1.29, 1.82) is 0 Å². The Morgan fingerprint density at radius 2 is 1.65 bits per heavy atom. The van der Waals surface area contributed by atoms with Gasteiger partial charge in [-0.25, -0.2) is 4.79 Å². The van der Waals surface area contributed by atoms with Gasteiger partial charge in [0, 0.05) is 12.1 Å². The first-order chi connectivity index (χ1) is 10.8. The number of carbonyl (C=O) groups excluding carboxylic acids is 1. The van der Waals surface area contributed by atoms with E-state index in [1.54, 1.807) is 0 Å². The summed E-state index contributed by atoms with van der Waals surface area (Å²) in [5.41, 5.74) is -0.438. The summed E-state index contributed by atoms with van der Waals surface area (Å²) < 4.78 is 5.34. The van der Waals surface area contributed by atoms with Crippen LogP contribution >= 0.6 is 0 Å². The van der Waals surface area contributed by atoms with Crippen LogP contribution in [0.25, 0.3) is 0 Å². The van der Waals surface area contributed by atoms with Crippen molar-refractivity contribution in [2.45, 2.75) is 97.1 Å². The van der Waals surface area contributed by atoms with Crippen molar-refractivity contribution in [3.63, 3.8) is 0 Å². The summed E-state index contributed by atoms with van der Waals surface area (Å²) in [6, 6.07) is 0. The molecule has 1 amide bonds. The Morgan fingerprint density at radius 3 is 2.22 bits per heavy atom.